The Morgan fingerprint density at radius 3 is 2.64 bits per heavy atom. The Balaban J connectivity index is 1.73. The maximum absolute atomic E-state index is 13.7. The van der Waals surface area contributed by atoms with Gasteiger partial charge in [-0.15, -0.1) is 0 Å². The molecule has 2 heterocycles. The predicted molar refractivity (Wildman–Crippen MR) is 122 cm³/mol. The second-order valence-corrected chi connectivity index (χ2v) is 7.95. The minimum absolute atomic E-state index is 0.164. The van der Waals surface area contributed by atoms with Crippen LogP contribution < -0.4 is 10.1 Å². The van der Waals surface area contributed by atoms with E-state index in [2.05, 4.69) is 5.32 Å². The fourth-order valence-corrected chi connectivity index (χ4v) is 4.21. The molecule has 1 aliphatic heterocycles. The van der Waals surface area contributed by atoms with Crippen molar-refractivity contribution in [2.75, 3.05) is 13.1 Å². The molecule has 0 fully saturated rings. The number of benzene rings is 2. The first-order valence-corrected chi connectivity index (χ1v) is 11.2. The molecule has 7 heteroatoms. The zero-order valence-corrected chi connectivity index (χ0v) is 18.7. The summed E-state index contributed by atoms with van der Waals surface area (Å²) in [5.41, 5.74) is 2.74. The van der Waals surface area contributed by atoms with Crippen LogP contribution >= 0.6 is 0 Å². The van der Waals surface area contributed by atoms with Gasteiger partial charge in [0.15, 0.2) is 11.9 Å². The Morgan fingerprint density at radius 1 is 1.18 bits per heavy atom. The van der Waals surface area contributed by atoms with Crippen molar-refractivity contribution in [3.05, 3.63) is 89.1 Å². The molecule has 3 aromatic rings. The Morgan fingerprint density at radius 2 is 1.97 bits per heavy atom. The maximum Gasteiger partial charge on any atom is 0.290 e. The maximum atomic E-state index is 13.7. The van der Waals surface area contributed by atoms with Crippen LogP contribution in [0.3, 0.4) is 0 Å². The van der Waals surface area contributed by atoms with E-state index >= 15 is 0 Å². The van der Waals surface area contributed by atoms with E-state index in [9.17, 15) is 14.0 Å². The van der Waals surface area contributed by atoms with Gasteiger partial charge in [-0.3, -0.25) is 9.59 Å². The van der Waals surface area contributed by atoms with E-state index in [1.165, 1.54) is 18.4 Å². The van der Waals surface area contributed by atoms with Gasteiger partial charge in [-0.2, -0.15) is 0 Å². The number of nitrogens with zero attached hydrogens (tertiary/aromatic N) is 1. The minimum atomic E-state index is -0.614. The highest BCUT2D eigenvalue weighted by Crippen LogP contribution is 2.38. The number of furan rings is 1. The van der Waals surface area contributed by atoms with Crippen molar-refractivity contribution in [3.8, 4) is 5.75 Å². The van der Waals surface area contributed by atoms with Gasteiger partial charge in [0, 0.05) is 13.1 Å². The standard InChI is InChI=1S/C26H27FN2O4/c1-3-22(25(30)28-4-2)33-20-12-9-17-13-14-29(26(31)23-6-5-15-32-23)24(21(17)16-20)18-7-10-19(27)11-8-18/h5-12,15-16,22,24H,3-4,13-14H2,1-2H3,(H,28,30). The number of fused-ring (bicyclic) bond motifs is 1. The zero-order valence-electron chi connectivity index (χ0n) is 18.7. The van der Waals surface area contributed by atoms with Crippen molar-refractivity contribution < 1.29 is 23.1 Å². The summed E-state index contributed by atoms with van der Waals surface area (Å²) >= 11 is 0. The van der Waals surface area contributed by atoms with Crippen LogP contribution in [0.25, 0.3) is 0 Å². The van der Waals surface area contributed by atoms with E-state index < -0.39 is 12.1 Å². The number of hydrogen-bond acceptors (Lipinski definition) is 4. The highest BCUT2D eigenvalue weighted by atomic mass is 19.1. The van der Waals surface area contributed by atoms with E-state index in [4.69, 9.17) is 9.15 Å². The molecule has 33 heavy (non-hydrogen) atoms. The number of rotatable bonds is 7. The van der Waals surface area contributed by atoms with Crippen molar-refractivity contribution in [1.29, 1.82) is 0 Å². The molecule has 0 bridgehead atoms. The first kappa shape index (κ1) is 22.6. The predicted octanol–water partition coefficient (Wildman–Crippen LogP) is 4.50. The molecule has 2 unspecified atom stereocenters. The van der Waals surface area contributed by atoms with Crippen molar-refractivity contribution in [1.82, 2.24) is 10.2 Å². The molecule has 0 saturated heterocycles. The first-order valence-electron chi connectivity index (χ1n) is 11.2. The van der Waals surface area contributed by atoms with E-state index in [0.717, 1.165) is 16.7 Å². The third kappa shape index (κ3) is 4.77. The third-order valence-electron chi connectivity index (χ3n) is 5.82. The molecule has 2 amide bonds. The number of carbonyl (C=O) groups is 2. The van der Waals surface area contributed by atoms with Gasteiger partial charge in [-0.25, -0.2) is 4.39 Å². The Kier molecular flexibility index (Phi) is 6.77. The lowest BCUT2D eigenvalue weighted by atomic mass is 9.87. The molecule has 1 aromatic heterocycles. The normalized spacial score (nSPS) is 16.1. The lowest BCUT2D eigenvalue weighted by Gasteiger charge is -2.37. The summed E-state index contributed by atoms with van der Waals surface area (Å²) < 4.78 is 25.0. The van der Waals surface area contributed by atoms with E-state index in [1.807, 2.05) is 32.0 Å². The van der Waals surface area contributed by atoms with Crippen LogP contribution in [0, 0.1) is 5.82 Å². The number of halogens is 1. The molecule has 1 aliphatic rings. The van der Waals surface area contributed by atoms with Crippen molar-refractivity contribution in [2.24, 2.45) is 0 Å². The topological polar surface area (TPSA) is 71.8 Å². The molecule has 2 aromatic carbocycles. The summed E-state index contributed by atoms with van der Waals surface area (Å²) in [5, 5.41) is 2.79. The molecule has 2 atom stereocenters. The van der Waals surface area contributed by atoms with Gasteiger partial charge in [-0.05, 0) is 72.9 Å². The van der Waals surface area contributed by atoms with Crippen LogP contribution in [0.1, 0.15) is 53.6 Å². The van der Waals surface area contributed by atoms with Gasteiger partial charge in [0.05, 0.1) is 12.3 Å². The number of ether oxygens (including phenoxy) is 1. The molecule has 0 aliphatic carbocycles. The third-order valence-corrected chi connectivity index (χ3v) is 5.82. The molecule has 4 rings (SSSR count). The fourth-order valence-electron chi connectivity index (χ4n) is 4.21. The van der Waals surface area contributed by atoms with Crippen LogP contribution in [0.2, 0.25) is 0 Å². The summed E-state index contributed by atoms with van der Waals surface area (Å²) in [6, 6.07) is 14.7. The second-order valence-electron chi connectivity index (χ2n) is 7.95. The minimum Gasteiger partial charge on any atom is -0.481 e. The number of hydrogen-bond donors (Lipinski definition) is 1. The lowest BCUT2D eigenvalue weighted by Crippen LogP contribution is -2.40. The summed E-state index contributed by atoms with van der Waals surface area (Å²) in [4.78, 5) is 27.3. The summed E-state index contributed by atoms with van der Waals surface area (Å²) in [6.45, 7) is 4.77. The average molecular weight is 451 g/mol. The highest BCUT2D eigenvalue weighted by molar-refractivity contribution is 5.92. The number of likely N-dealkylation sites (N-methyl/N-ethyl adjacent to an activating group) is 1. The van der Waals surface area contributed by atoms with Crippen molar-refractivity contribution >= 4 is 11.8 Å². The van der Waals surface area contributed by atoms with Crippen LogP contribution in [0.15, 0.2) is 65.3 Å². The van der Waals surface area contributed by atoms with E-state index in [-0.39, 0.29) is 23.4 Å². The molecule has 0 saturated carbocycles. The zero-order chi connectivity index (χ0) is 23.4. The first-order chi connectivity index (χ1) is 16.0. The van der Waals surface area contributed by atoms with Crippen molar-refractivity contribution in [3.63, 3.8) is 0 Å². The van der Waals surface area contributed by atoms with Gasteiger partial charge < -0.3 is 19.4 Å². The average Bonchev–Trinajstić information content (AvgIpc) is 3.37. The molecule has 0 radical (unpaired) electrons. The van der Waals surface area contributed by atoms with E-state index in [0.29, 0.717) is 31.7 Å². The number of amides is 2. The van der Waals surface area contributed by atoms with Crippen LogP contribution in [-0.4, -0.2) is 35.9 Å². The largest absolute Gasteiger partial charge is 0.481 e. The monoisotopic (exact) mass is 450 g/mol. The summed E-state index contributed by atoms with van der Waals surface area (Å²) in [5.74, 6) is 0.0532. The summed E-state index contributed by atoms with van der Waals surface area (Å²) in [6.07, 6.45) is 2.04. The second kappa shape index (κ2) is 9.90. The SMILES string of the molecule is CCNC(=O)C(CC)Oc1ccc2c(c1)C(c1ccc(F)cc1)N(C(=O)c1ccco1)CC2. The van der Waals surface area contributed by atoms with Gasteiger partial charge in [-0.1, -0.05) is 25.1 Å². The smallest absolute Gasteiger partial charge is 0.290 e. The Hall–Kier alpha value is -3.61. The molecule has 1 N–H and O–H groups in total. The quantitative estimate of drug-likeness (QED) is 0.575. The van der Waals surface area contributed by atoms with Gasteiger partial charge in [0.25, 0.3) is 11.8 Å². The molecule has 0 spiro atoms. The van der Waals surface area contributed by atoms with Crippen LogP contribution in [-0.2, 0) is 11.2 Å². The van der Waals surface area contributed by atoms with Crippen LogP contribution in [0.5, 0.6) is 5.75 Å². The number of carbonyl (C=O) groups excluding carboxylic acids is 2. The molecule has 6 nitrogen and oxygen atoms in total. The number of nitrogens with one attached hydrogen (secondary N) is 1. The van der Waals surface area contributed by atoms with Crippen LogP contribution in [0.4, 0.5) is 4.39 Å². The lowest BCUT2D eigenvalue weighted by molar-refractivity contribution is -0.128. The highest BCUT2D eigenvalue weighted by Gasteiger charge is 2.34. The van der Waals surface area contributed by atoms with Gasteiger partial charge in [0.1, 0.15) is 11.6 Å². The molecule has 172 valence electrons. The molecular weight excluding hydrogens is 423 g/mol. The Bertz CT molecular complexity index is 1110. The Labute approximate surface area is 192 Å². The van der Waals surface area contributed by atoms with Crippen molar-refractivity contribution in [2.45, 2.75) is 38.8 Å². The molecular formula is C26H27FN2O4. The van der Waals surface area contributed by atoms with Gasteiger partial charge in [0.2, 0.25) is 0 Å². The fraction of sp³-hybridized carbons (Fsp3) is 0.308. The van der Waals surface area contributed by atoms with Gasteiger partial charge >= 0.3 is 0 Å². The summed E-state index contributed by atoms with van der Waals surface area (Å²) in [7, 11) is 0. The van der Waals surface area contributed by atoms with E-state index in [1.54, 1.807) is 29.2 Å².